The lowest BCUT2D eigenvalue weighted by Gasteiger charge is -2.14. The highest BCUT2D eigenvalue weighted by Gasteiger charge is 2.15. The molecule has 20 heavy (non-hydrogen) atoms. The van der Waals surface area contributed by atoms with Gasteiger partial charge in [0, 0.05) is 24.4 Å². The minimum absolute atomic E-state index is 0.00673. The van der Waals surface area contributed by atoms with Gasteiger partial charge in [0.2, 0.25) is 0 Å². The summed E-state index contributed by atoms with van der Waals surface area (Å²) >= 11 is 0. The molecule has 6 heteroatoms. The predicted molar refractivity (Wildman–Crippen MR) is 80.5 cm³/mol. The van der Waals surface area contributed by atoms with Gasteiger partial charge in [0.15, 0.2) is 5.75 Å². The van der Waals surface area contributed by atoms with Crippen LogP contribution in [-0.2, 0) is 0 Å². The maximum Gasteiger partial charge on any atom is 0.311 e. The molecule has 0 aliphatic heterocycles. The van der Waals surface area contributed by atoms with Crippen LogP contribution >= 0.6 is 0 Å². The summed E-state index contributed by atoms with van der Waals surface area (Å²) in [5.41, 5.74) is 0.844. The van der Waals surface area contributed by atoms with Crippen LogP contribution in [0.15, 0.2) is 18.2 Å². The molecule has 0 heterocycles. The molecule has 0 fully saturated rings. The molecule has 0 aliphatic carbocycles. The predicted octanol–water partition coefficient (Wildman–Crippen LogP) is 2.65. The highest BCUT2D eigenvalue weighted by Crippen LogP contribution is 2.30. The van der Waals surface area contributed by atoms with Gasteiger partial charge in [0.05, 0.1) is 11.5 Å². The van der Waals surface area contributed by atoms with Crippen molar-refractivity contribution in [3.63, 3.8) is 0 Å². The highest BCUT2D eigenvalue weighted by atomic mass is 16.6. The third-order valence-corrected chi connectivity index (χ3v) is 2.83. The van der Waals surface area contributed by atoms with Crippen molar-refractivity contribution < 1.29 is 9.66 Å². The zero-order valence-corrected chi connectivity index (χ0v) is 12.3. The van der Waals surface area contributed by atoms with E-state index >= 15 is 0 Å². The Morgan fingerprint density at radius 3 is 2.75 bits per heavy atom. The molecule has 0 radical (unpaired) electrons. The molecule has 6 nitrogen and oxygen atoms in total. The standard InChI is InChI=1S/C14H23N3O3/c1-4-7-20-14-8-12(5-6-13(14)17(18)19)16-10-11(2)9-15-3/h5-6,8,11,15-16H,4,7,9-10H2,1-3H3. The number of anilines is 1. The van der Waals surface area contributed by atoms with Crippen LogP contribution in [0.2, 0.25) is 0 Å². The van der Waals surface area contributed by atoms with Crippen LogP contribution in [0.5, 0.6) is 5.75 Å². The van der Waals surface area contributed by atoms with Gasteiger partial charge < -0.3 is 15.4 Å². The molecule has 0 amide bonds. The Labute approximate surface area is 119 Å². The van der Waals surface area contributed by atoms with Crippen molar-refractivity contribution in [2.75, 3.05) is 32.1 Å². The second-order valence-corrected chi connectivity index (χ2v) is 4.83. The Morgan fingerprint density at radius 1 is 1.40 bits per heavy atom. The van der Waals surface area contributed by atoms with Gasteiger partial charge in [-0.25, -0.2) is 0 Å². The number of benzene rings is 1. The van der Waals surface area contributed by atoms with Gasteiger partial charge in [-0.15, -0.1) is 0 Å². The fraction of sp³-hybridized carbons (Fsp3) is 0.571. The zero-order chi connectivity index (χ0) is 15.0. The lowest BCUT2D eigenvalue weighted by Crippen LogP contribution is -2.22. The quantitative estimate of drug-likeness (QED) is 0.537. The van der Waals surface area contributed by atoms with E-state index in [4.69, 9.17) is 4.74 Å². The summed E-state index contributed by atoms with van der Waals surface area (Å²) in [4.78, 5) is 10.5. The zero-order valence-electron chi connectivity index (χ0n) is 12.3. The molecule has 1 atom stereocenters. The fourth-order valence-electron chi connectivity index (χ4n) is 1.82. The second kappa shape index (κ2) is 8.37. The average molecular weight is 281 g/mol. The number of nitrogens with zero attached hydrogens (tertiary/aromatic N) is 1. The summed E-state index contributed by atoms with van der Waals surface area (Å²) in [5, 5.41) is 17.3. The van der Waals surface area contributed by atoms with Gasteiger partial charge in [-0.2, -0.15) is 0 Å². The largest absolute Gasteiger partial charge is 0.487 e. The molecule has 2 N–H and O–H groups in total. The molecule has 0 spiro atoms. The summed E-state index contributed by atoms with van der Waals surface area (Å²) in [6, 6.07) is 4.89. The second-order valence-electron chi connectivity index (χ2n) is 4.83. The topological polar surface area (TPSA) is 76.4 Å². The van der Waals surface area contributed by atoms with Crippen LogP contribution in [0.1, 0.15) is 20.3 Å². The van der Waals surface area contributed by atoms with Crippen LogP contribution < -0.4 is 15.4 Å². The van der Waals surface area contributed by atoms with Crippen molar-refractivity contribution in [1.82, 2.24) is 5.32 Å². The van der Waals surface area contributed by atoms with Crippen LogP contribution in [0.3, 0.4) is 0 Å². The summed E-state index contributed by atoms with van der Waals surface area (Å²) in [5.74, 6) is 0.790. The Morgan fingerprint density at radius 2 is 2.15 bits per heavy atom. The van der Waals surface area contributed by atoms with E-state index in [0.29, 0.717) is 18.3 Å². The molecule has 0 saturated heterocycles. The fourth-order valence-corrected chi connectivity index (χ4v) is 1.82. The van der Waals surface area contributed by atoms with E-state index in [1.54, 1.807) is 12.1 Å². The van der Waals surface area contributed by atoms with Gasteiger partial charge in [-0.1, -0.05) is 13.8 Å². The maximum absolute atomic E-state index is 10.9. The Hall–Kier alpha value is -1.82. The van der Waals surface area contributed by atoms with Gasteiger partial charge >= 0.3 is 5.69 Å². The first-order valence-corrected chi connectivity index (χ1v) is 6.88. The number of hydrogen-bond acceptors (Lipinski definition) is 5. The van der Waals surface area contributed by atoms with Gasteiger partial charge in [0.25, 0.3) is 0 Å². The van der Waals surface area contributed by atoms with E-state index in [1.165, 1.54) is 6.07 Å². The van der Waals surface area contributed by atoms with Crippen LogP contribution in [0, 0.1) is 16.0 Å². The monoisotopic (exact) mass is 281 g/mol. The average Bonchev–Trinajstić information content (AvgIpc) is 2.43. The molecule has 1 aromatic carbocycles. The third-order valence-electron chi connectivity index (χ3n) is 2.83. The van der Waals surface area contributed by atoms with Crippen molar-refractivity contribution in [2.45, 2.75) is 20.3 Å². The summed E-state index contributed by atoms with van der Waals surface area (Å²) in [6.45, 7) is 6.28. The van der Waals surface area contributed by atoms with Crippen molar-refractivity contribution in [2.24, 2.45) is 5.92 Å². The molecule has 1 rings (SSSR count). The molecule has 112 valence electrons. The van der Waals surface area contributed by atoms with Crippen molar-refractivity contribution in [3.05, 3.63) is 28.3 Å². The highest BCUT2D eigenvalue weighted by molar-refractivity contribution is 5.58. The molecule has 0 aliphatic rings. The van der Waals surface area contributed by atoms with Crippen molar-refractivity contribution >= 4 is 11.4 Å². The number of hydrogen-bond donors (Lipinski definition) is 2. The molecule has 1 unspecified atom stereocenters. The van der Waals surface area contributed by atoms with E-state index in [1.807, 2.05) is 14.0 Å². The van der Waals surface area contributed by atoms with E-state index in [0.717, 1.165) is 25.2 Å². The number of nitro groups is 1. The Kier molecular flexibility index (Phi) is 6.79. The first-order valence-electron chi connectivity index (χ1n) is 6.88. The summed E-state index contributed by atoms with van der Waals surface area (Å²) in [7, 11) is 1.92. The van der Waals surface area contributed by atoms with Crippen LogP contribution in [0.4, 0.5) is 11.4 Å². The van der Waals surface area contributed by atoms with Crippen molar-refractivity contribution in [3.8, 4) is 5.75 Å². The number of rotatable bonds is 9. The molecular weight excluding hydrogens is 258 g/mol. The van der Waals surface area contributed by atoms with E-state index in [-0.39, 0.29) is 5.69 Å². The summed E-state index contributed by atoms with van der Waals surface area (Å²) < 4.78 is 5.45. The SMILES string of the molecule is CCCOc1cc(NCC(C)CNC)ccc1[N+](=O)[O-]. The minimum Gasteiger partial charge on any atom is -0.487 e. The van der Waals surface area contributed by atoms with E-state index in [2.05, 4.69) is 17.6 Å². The normalized spacial score (nSPS) is 11.9. The van der Waals surface area contributed by atoms with Gasteiger partial charge in [0.1, 0.15) is 0 Å². The van der Waals surface area contributed by atoms with E-state index in [9.17, 15) is 10.1 Å². The van der Waals surface area contributed by atoms with Crippen molar-refractivity contribution in [1.29, 1.82) is 0 Å². The third kappa shape index (κ3) is 5.05. The van der Waals surface area contributed by atoms with Gasteiger partial charge in [-0.3, -0.25) is 10.1 Å². The molecule has 0 bridgehead atoms. The van der Waals surface area contributed by atoms with Crippen LogP contribution in [0.25, 0.3) is 0 Å². The lowest BCUT2D eigenvalue weighted by atomic mass is 10.1. The number of nitrogens with one attached hydrogen (secondary N) is 2. The number of nitro benzene ring substituents is 1. The Balaban J connectivity index is 2.75. The molecule has 0 aromatic heterocycles. The first kappa shape index (κ1) is 16.2. The maximum atomic E-state index is 10.9. The molecule has 0 saturated carbocycles. The van der Waals surface area contributed by atoms with Crippen LogP contribution in [-0.4, -0.2) is 31.7 Å². The molecule has 1 aromatic rings. The van der Waals surface area contributed by atoms with Gasteiger partial charge in [-0.05, 0) is 32.0 Å². The lowest BCUT2D eigenvalue weighted by molar-refractivity contribution is -0.385. The first-order chi connectivity index (χ1) is 9.58. The number of ether oxygens (including phenoxy) is 1. The minimum atomic E-state index is -0.418. The smallest absolute Gasteiger partial charge is 0.311 e. The molecular formula is C14H23N3O3. The van der Waals surface area contributed by atoms with E-state index < -0.39 is 4.92 Å². The summed E-state index contributed by atoms with van der Waals surface area (Å²) in [6.07, 6.45) is 0.814. The Bertz CT molecular complexity index is 438.